The van der Waals surface area contributed by atoms with E-state index >= 15 is 0 Å². The maximum Gasteiger partial charge on any atom is 0.253 e. The van der Waals surface area contributed by atoms with Crippen molar-refractivity contribution >= 4 is 12.0 Å². The number of hydrogen-bond acceptors (Lipinski definition) is 2. The smallest absolute Gasteiger partial charge is 0.253 e. The van der Waals surface area contributed by atoms with Gasteiger partial charge in [-0.05, 0) is 31.6 Å². The van der Waals surface area contributed by atoms with E-state index in [2.05, 4.69) is 0 Å². The van der Waals surface area contributed by atoms with Crippen molar-refractivity contribution < 1.29 is 9.53 Å². The molecule has 3 nitrogen and oxygen atoms in total. The number of benzene rings is 2. The van der Waals surface area contributed by atoms with Crippen molar-refractivity contribution in [3.05, 3.63) is 71.3 Å². The lowest BCUT2D eigenvalue weighted by molar-refractivity contribution is -0.129. The van der Waals surface area contributed by atoms with E-state index in [4.69, 9.17) is 4.74 Å². The van der Waals surface area contributed by atoms with E-state index in [-0.39, 0.29) is 11.9 Å². The van der Waals surface area contributed by atoms with Crippen LogP contribution in [0.25, 0.3) is 6.08 Å². The molecule has 0 bridgehead atoms. The number of carbonyl (C=O) groups is 1. The van der Waals surface area contributed by atoms with Gasteiger partial charge in [-0.1, -0.05) is 48.5 Å². The van der Waals surface area contributed by atoms with Gasteiger partial charge in [0, 0.05) is 18.2 Å². The number of ether oxygens (including phenoxy) is 1. The van der Waals surface area contributed by atoms with Gasteiger partial charge in [0.1, 0.15) is 12.4 Å². The maximum absolute atomic E-state index is 12.9. The van der Waals surface area contributed by atoms with Crippen molar-refractivity contribution in [2.45, 2.75) is 26.4 Å². The number of amides is 1. The van der Waals surface area contributed by atoms with Crippen molar-refractivity contribution in [3.8, 4) is 5.75 Å². The van der Waals surface area contributed by atoms with E-state index in [1.165, 1.54) is 0 Å². The lowest BCUT2D eigenvalue weighted by Crippen LogP contribution is -2.38. The molecule has 3 heteroatoms. The summed E-state index contributed by atoms with van der Waals surface area (Å²) in [6.45, 7) is 5.02. The van der Waals surface area contributed by atoms with E-state index in [1.807, 2.05) is 79.4 Å². The predicted molar refractivity (Wildman–Crippen MR) is 92.0 cm³/mol. The summed E-state index contributed by atoms with van der Waals surface area (Å²) in [6.07, 6.45) is 1.95. The molecule has 2 aromatic carbocycles. The zero-order valence-electron chi connectivity index (χ0n) is 13.5. The van der Waals surface area contributed by atoms with E-state index in [1.54, 1.807) is 0 Å². The number of carbonyl (C=O) groups excluding carboxylic acids is 1. The van der Waals surface area contributed by atoms with Crippen LogP contribution in [0.5, 0.6) is 5.75 Å². The van der Waals surface area contributed by atoms with Crippen LogP contribution in [0.15, 0.2) is 60.2 Å². The van der Waals surface area contributed by atoms with Crippen LogP contribution in [-0.2, 0) is 11.3 Å². The molecule has 0 spiro atoms. The van der Waals surface area contributed by atoms with Crippen molar-refractivity contribution in [3.63, 3.8) is 0 Å². The Morgan fingerprint density at radius 2 is 1.78 bits per heavy atom. The Morgan fingerprint density at radius 3 is 2.52 bits per heavy atom. The Labute approximate surface area is 137 Å². The number of para-hydroxylation sites is 1. The highest BCUT2D eigenvalue weighted by Gasteiger charge is 2.24. The molecular formula is C20H21NO2. The van der Waals surface area contributed by atoms with Gasteiger partial charge in [0.2, 0.25) is 0 Å². The summed E-state index contributed by atoms with van der Waals surface area (Å²) in [5.74, 6) is 0.876. The Balaban J connectivity index is 1.83. The predicted octanol–water partition coefficient (Wildman–Crippen LogP) is 3.90. The van der Waals surface area contributed by atoms with Gasteiger partial charge in [0.25, 0.3) is 5.91 Å². The summed E-state index contributed by atoms with van der Waals surface area (Å²) in [5.41, 5.74) is 2.80. The molecular weight excluding hydrogens is 286 g/mol. The number of fused-ring (bicyclic) bond motifs is 1. The molecule has 0 atom stereocenters. The summed E-state index contributed by atoms with van der Waals surface area (Å²) < 4.78 is 5.72. The topological polar surface area (TPSA) is 29.5 Å². The molecule has 0 fully saturated rings. The van der Waals surface area contributed by atoms with E-state index in [0.717, 1.165) is 16.9 Å². The summed E-state index contributed by atoms with van der Waals surface area (Å²) >= 11 is 0. The summed E-state index contributed by atoms with van der Waals surface area (Å²) in [4.78, 5) is 14.8. The highest BCUT2D eigenvalue weighted by molar-refractivity contribution is 5.99. The first-order valence-electron chi connectivity index (χ1n) is 7.92. The third-order valence-electron chi connectivity index (χ3n) is 3.99. The molecule has 3 rings (SSSR count). The van der Waals surface area contributed by atoms with Crippen molar-refractivity contribution in [1.29, 1.82) is 0 Å². The molecule has 2 aromatic rings. The molecule has 0 unspecified atom stereocenters. The minimum absolute atomic E-state index is 0.0401. The van der Waals surface area contributed by atoms with E-state index in [0.29, 0.717) is 18.7 Å². The monoisotopic (exact) mass is 307 g/mol. The fourth-order valence-electron chi connectivity index (χ4n) is 2.69. The van der Waals surface area contributed by atoms with Crippen LogP contribution in [-0.4, -0.2) is 23.5 Å². The first-order valence-corrected chi connectivity index (χ1v) is 7.92. The highest BCUT2D eigenvalue weighted by atomic mass is 16.5. The molecule has 1 amide bonds. The van der Waals surface area contributed by atoms with Crippen LogP contribution in [0.2, 0.25) is 0 Å². The van der Waals surface area contributed by atoms with Gasteiger partial charge in [-0.25, -0.2) is 0 Å². The van der Waals surface area contributed by atoms with Crippen LogP contribution < -0.4 is 4.74 Å². The van der Waals surface area contributed by atoms with Crippen LogP contribution >= 0.6 is 0 Å². The molecule has 0 aliphatic carbocycles. The van der Waals surface area contributed by atoms with Gasteiger partial charge in [-0.3, -0.25) is 4.79 Å². The van der Waals surface area contributed by atoms with Crippen molar-refractivity contribution in [2.24, 2.45) is 0 Å². The Bertz CT molecular complexity index is 719. The van der Waals surface area contributed by atoms with Crippen LogP contribution in [0, 0.1) is 0 Å². The Morgan fingerprint density at radius 1 is 1.09 bits per heavy atom. The highest BCUT2D eigenvalue weighted by Crippen LogP contribution is 2.27. The second kappa shape index (κ2) is 6.69. The van der Waals surface area contributed by atoms with E-state index in [9.17, 15) is 4.79 Å². The summed E-state index contributed by atoms with van der Waals surface area (Å²) in [7, 11) is 0. The molecule has 23 heavy (non-hydrogen) atoms. The third kappa shape index (κ3) is 3.45. The summed E-state index contributed by atoms with van der Waals surface area (Å²) in [6, 6.07) is 18.0. The SMILES string of the molecule is CC(C)N(Cc1ccccc1)C(=O)C1=Cc2ccccc2OC1. The van der Waals surface area contributed by atoms with Crippen molar-refractivity contribution in [1.82, 2.24) is 4.90 Å². The fraction of sp³-hybridized carbons (Fsp3) is 0.250. The molecule has 1 heterocycles. The quantitative estimate of drug-likeness (QED) is 0.857. The number of nitrogens with zero attached hydrogens (tertiary/aromatic N) is 1. The van der Waals surface area contributed by atoms with Gasteiger partial charge < -0.3 is 9.64 Å². The molecule has 0 saturated carbocycles. The molecule has 118 valence electrons. The van der Waals surface area contributed by atoms with Gasteiger partial charge >= 0.3 is 0 Å². The maximum atomic E-state index is 12.9. The Kier molecular flexibility index (Phi) is 4.47. The number of rotatable bonds is 4. The number of hydrogen-bond donors (Lipinski definition) is 0. The molecule has 0 N–H and O–H groups in total. The van der Waals surface area contributed by atoms with Gasteiger partial charge in [-0.15, -0.1) is 0 Å². The minimum Gasteiger partial charge on any atom is -0.488 e. The second-order valence-electron chi connectivity index (χ2n) is 6.01. The molecule has 0 saturated heterocycles. The van der Waals surface area contributed by atoms with Crippen LogP contribution in [0.4, 0.5) is 0 Å². The van der Waals surface area contributed by atoms with Gasteiger partial charge in [0.15, 0.2) is 0 Å². The first kappa shape index (κ1) is 15.3. The molecule has 1 aliphatic rings. The van der Waals surface area contributed by atoms with Gasteiger partial charge in [-0.2, -0.15) is 0 Å². The van der Waals surface area contributed by atoms with Crippen LogP contribution in [0.3, 0.4) is 0 Å². The fourth-order valence-corrected chi connectivity index (χ4v) is 2.69. The van der Waals surface area contributed by atoms with Gasteiger partial charge in [0.05, 0.1) is 5.57 Å². The lowest BCUT2D eigenvalue weighted by Gasteiger charge is -2.29. The van der Waals surface area contributed by atoms with E-state index < -0.39 is 0 Å². The second-order valence-corrected chi connectivity index (χ2v) is 6.01. The lowest BCUT2D eigenvalue weighted by atomic mass is 10.1. The Hall–Kier alpha value is -2.55. The molecule has 0 radical (unpaired) electrons. The average molecular weight is 307 g/mol. The minimum atomic E-state index is 0.0401. The average Bonchev–Trinajstić information content (AvgIpc) is 2.59. The normalized spacial score (nSPS) is 13.1. The molecule has 1 aliphatic heterocycles. The molecule has 0 aromatic heterocycles. The zero-order valence-corrected chi connectivity index (χ0v) is 13.5. The van der Waals surface area contributed by atoms with Crippen LogP contribution in [0.1, 0.15) is 25.0 Å². The third-order valence-corrected chi connectivity index (χ3v) is 3.99. The van der Waals surface area contributed by atoms with Crippen molar-refractivity contribution in [2.75, 3.05) is 6.61 Å². The largest absolute Gasteiger partial charge is 0.488 e. The standard InChI is InChI=1S/C20H21NO2/c1-15(2)21(13-16-8-4-3-5-9-16)20(22)18-12-17-10-6-7-11-19(17)23-14-18/h3-12,15H,13-14H2,1-2H3. The summed E-state index contributed by atoms with van der Waals surface area (Å²) in [5, 5.41) is 0. The first-order chi connectivity index (χ1) is 11.1. The zero-order chi connectivity index (χ0) is 16.2.